The maximum atomic E-state index is 12.7. The lowest BCUT2D eigenvalue weighted by Gasteiger charge is -2.34. The van der Waals surface area contributed by atoms with Gasteiger partial charge in [-0.2, -0.15) is 0 Å². The normalized spacial score (nSPS) is 13.3. The van der Waals surface area contributed by atoms with Crippen LogP contribution >= 0.6 is 0 Å². The van der Waals surface area contributed by atoms with Crippen molar-refractivity contribution in [2.45, 2.75) is 187 Å². The van der Waals surface area contributed by atoms with Gasteiger partial charge in [0.15, 0.2) is 6.10 Å². The van der Waals surface area contributed by atoms with E-state index in [4.69, 9.17) is 14.2 Å². The van der Waals surface area contributed by atoms with Gasteiger partial charge in [0, 0.05) is 19.3 Å². The van der Waals surface area contributed by atoms with Gasteiger partial charge in [-0.25, -0.2) is 0 Å². The number of carbonyl (C=O) groups excluding carboxylic acids is 3. The van der Waals surface area contributed by atoms with Gasteiger partial charge < -0.3 is 28.6 Å². The van der Waals surface area contributed by atoms with E-state index in [0.717, 1.165) is 64.2 Å². The summed E-state index contributed by atoms with van der Waals surface area (Å²) < 4.78 is 17.1. The molecule has 302 valence electrons. The zero-order valence-electron chi connectivity index (χ0n) is 34.2. The van der Waals surface area contributed by atoms with E-state index in [1.165, 1.54) is 77.0 Å². The predicted octanol–water partition coefficient (Wildman–Crippen LogP) is 9.74. The number of allylic oxidation sites excluding steroid dienone is 6. The first-order valence-electron chi connectivity index (χ1n) is 21.0. The van der Waals surface area contributed by atoms with E-state index in [0.29, 0.717) is 12.8 Å². The van der Waals surface area contributed by atoms with Crippen LogP contribution in [0.5, 0.6) is 0 Å². The second kappa shape index (κ2) is 35.6. The van der Waals surface area contributed by atoms with Crippen LogP contribution in [0.1, 0.15) is 174 Å². The molecular weight excluding hydrogens is 654 g/mol. The van der Waals surface area contributed by atoms with Crippen LogP contribution in [0.4, 0.5) is 0 Å². The van der Waals surface area contributed by atoms with Gasteiger partial charge in [0.2, 0.25) is 0 Å². The monoisotopic (exact) mass is 734 g/mol. The number of unbranched alkanes of at least 4 members (excludes halogenated alkanes) is 17. The number of likely N-dealkylation sites (N-methyl/N-ethyl adjacent to an activating group) is 1. The fraction of sp³-hybridized carbons (Fsp3) is 0.795. The lowest BCUT2D eigenvalue weighted by molar-refractivity contribution is -0.889. The molecule has 2 unspecified atom stereocenters. The molecule has 0 aliphatic carbocycles. The Morgan fingerprint density at radius 2 is 1.02 bits per heavy atom. The van der Waals surface area contributed by atoms with Gasteiger partial charge in [0.1, 0.15) is 12.6 Å². The van der Waals surface area contributed by atoms with Crippen molar-refractivity contribution in [1.82, 2.24) is 0 Å². The molecule has 0 aromatic heterocycles. The van der Waals surface area contributed by atoms with E-state index in [1.54, 1.807) is 21.1 Å². The lowest BCUT2D eigenvalue weighted by Crippen LogP contribution is -2.55. The number of carboxylic acid groups (broad SMARTS) is 1. The Labute approximate surface area is 319 Å². The van der Waals surface area contributed by atoms with Crippen molar-refractivity contribution in [2.24, 2.45) is 0 Å². The van der Waals surface area contributed by atoms with Crippen molar-refractivity contribution in [2.75, 3.05) is 41.0 Å². The number of hydrogen-bond donors (Lipinski definition) is 0. The molecule has 0 aliphatic rings. The average Bonchev–Trinajstić information content (AvgIpc) is 3.09. The summed E-state index contributed by atoms with van der Waals surface area (Å²) in [5.74, 6) is -1.75. The molecule has 0 bridgehead atoms. The van der Waals surface area contributed by atoms with E-state index >= 15 is 0 Å². The molecule has 0 saturated carbocycles. The molecular formula is C44H79NO7. The van der Waals surface area contributed by atoms with Crippen LogP contribution in [0.3, 0.4) is 0 Å². The third-order valence-electron chi connectivity index (χ3n) is 9.28. The van der Waals surface area contributed by atoms with Gasteiger partial charge in [-0.1, -0.05) is 140 Å². The highest BCUT2D eigenvalue weighted by Crippen LogP contribution is 2.13. The lowest BCUT2D eigenvalue weighted by atomic mass is 10.1. The van der Waals surface area contributed by atoms with E-state index in [9.17, 15) is 19.5 Å². The molecule has 0 fully saturated rings. The molecule has 0 amide bonds. The fourth-order valence-corrected chi connectivity index (χ4v) is 5.96. The summed E-state index contributed by atoms with van der Waals surface area (Å²) in [6.45, 7) is 4.59. The summed E-state index contributed by atoms with van der Waals surface area (Å²) in [4.78, 5) is 36.7. The summed E-state index contributed by atoms with van der Waals surface area (Å²) in [7, 11) is 5.39. The van der Waals surface area contributed by atoms with Gasteiger partial charge in [-0.3, -0.25) is 9.59 Å². The molecule has 0 aromatic rings. The van der Waals surface area contributed by atoms with Crippen molar-refractivity contribution in [1.29, 1.82) is 0 Å². The minimum atomic E-state index is -1.13. The third-order valence-corrected chi connectivity index (χ3v) is 9.28. The zero-order chi connectivity index (χ0) is 38.5. The summed E-state index contributed by atoms with van der Waals surface area (Å²) in [5, 5.41) is 11.6. The van der Waals surface area contributed by atoms with Crippen LogP contribution < -0.4 is 5.11 Å². The first kappa shape index (κ1) is 49.6. The second-order valence-electron chi connectivity index (χ2n) is 15.2. The molecule has 8 heteroatoms. The number of aliphatic carboxylic acids is 1. The number of hydrogen-bond acceptors (Lipinski definition) is 7. The molecule has 8 nitrogen and oxygen atoms in total. The highest BCUT2D eigenvalue weighted by atomic mass is 16.6. The van der Waals surface area contributed by atoms with Gasteiger partial charge in [-0.05, 0) is 51.4 Å². The van der Waals surface area contributed by atoms with Crippen molar-refractivity contribution in [3.8, 4) is 0 Å². The Hall–Kier alpha value is -2.45. The van der Waals surface area contributed by atoms with Crippen LogP contribution in [0.25, 0.3) is 0 Å². The minimum Gasteiger partial charge on any atom is -0.544 e. The minimum absolute atomic E-state index is 0.0369. The molecule has 0 aromatic carbocycles. The number of quaternary nitrogens is 1. The first-order valence-corrected chi connectivity index (χ1v) is 21.0. The molecule has 0 radical (unpaired) electrons. The summed E-state index contributed by atoms with van der Waals surface area (Å²) in [5.41, 5.74) is 0. The molecule has 0 rings (SSSR count). The number of nitrogens with zero attached hydrogens (tertiary/aromatic N) is 1. The standard InChI is InChI=1S/C44H79NO7/c1-6-8-10-12-14-16-17-18-19-20-21-22-23-24-25-27-29-31-33-35-43(47)52-40(38-50-37-36-41(44(48)49)45(3,4)5)39-51-42(46)34-32-30-28-26-15-13-11-9-7-2/h14,16,18-19,21-22,40-41H,6-13,15,17,20,23-39H2,1-5H3/b16-14-,19-18-,22-21-. The summed E-state index contributed by atoms with van der Waals surface area (Å²) >= 11 is 0. The van der Waals surface area contributed by atoms with Gasteiger partial charge in [0.05, 0.1) is 40.3 Å². The third kappa shape index (κ3) is 33.4. The molecule has 0 aliphatic heterocycles. The smallest absolute Gasteiger partial charge is 0.306 e. The highest BCUT2D eigenvalue weighted by Gasteiger charge is 2.25. The van der Waals surface area contributed by atoms with E-state index in [1.807, 2.05) is 0 Å². The van der Waals surface area contributed by atoms with Crippen molar-refractivity contribution in [3.05, 3.63) is 36.5 Å². The Kier molecular flexibility index (Phi) is 33.9. The van der Waals surface area contributed by atoms with Crippen LogP contribution in [0.2, 0.25) is 0 Å². The topological polar surface area (TPSA) is 102 Å². The quantitative estimate of drug-likeness (QED) is 0.0271. The maximum absolute atomic E-state index is 12.7. The van der Waals surface area contributed by atoms with Crippen LogP contribution in [0, 0.1) is 0 Å². The van der Waals surface area contributed by atoms with Gasteiger partial charge >= 0.3 is 11.9 Å². The maximum Gasteiger partial charge on any atom is 0.306 e. The predicted molar refractivity (Wildman–Crippen MR) is 213 cm³/mol. The van der Waals surface area contributed by atoms with E-state index < -0.39 is 18.1 Å². The van der Waals surface area contributed by atoms with Crippen molar-refractivity contribution in [3.63, 3.8) is 0 Å². The fourth-order valence-electron chi connectivity index (χ4n) is 5.96. The van der Waals surface area contributed by atoms with Crippen LogP contribution in [0.15, 0.2) is 36.5 Å². The number of carbonyl (C=O) groups is 3. The number of esters is 2. The number of ether oxygens (including phenoxy) is 3. The molecule has 0 saturated heterocycles. The molecule has 0 spiro atoms. The first-order chi connectivity index (χ1) is 25.1. The summed E-state index contributed by atoms with van der Waals surface area (Å²) in [6.07, 6.45) is 38.8. The van der Waals surface area contributed by atoms with E-state index in [2.05, 4.69) is 50.3 Å². The van der Waals surface area contributed by atoms with Gasteiger partial charge in [-0.15, -0.1) is 0 Å². The highest BCUT2D eigenvalue weighted by molar-refractivity contribution is 5.70. The van der Waals surface area contributed by atoms with Crippen molar-refractivity contribution < 1.29 is 38.2 Å². The Morgan fingerprint density at radius 1 is 0.577 bits per heavy atom. The Morgan fingerprint density at radius 3 is 1.54 bits per heavy atom. The summed E-state index contributed by atoms with van der Waals surface area (Å²) in [6, 6.07) is -0.725. The average molecular weight is 734 g/mol. The molecule has 0 heterocycles. The van der Waals surface area contributed by atoms with Crippen LogP contribution in [-0.2, 0) is 28.6 Å². The molecule has 52 heavy (non-hydrogen) atoms. The Bertz CT molecular complexity index is 953. The van der Waals surface area contributed by atoms with Gasteiger partial charge in [0.25, 0.3) is 0 Å². The van der Waals surface area contributed by atoms with Crippen molar-refractivity contribution >= 4 is 17.9 Å². The Balaban J connectivity index is 4.35. The van der Waals surface area contributed by atoms with E-state index in [-0.39, 0.29) is 42.7 Å². The van der Waals surface area contributed by atoms with Crippen LogP contribution in [-0.4, -0.2) is 75.5 Å². The largest absolute Gasteiger partial charge is 0.544 e. The second-order valence-corrected chi connectivity index (χ2v) is 15.2. The number of rotatable bonds is 37. The molecule has 0 N–H and O–H groups in total. The number of carboxylic acids is 1. The zero-order valence-corrected chi connectivity index (χ0v) is 34.2. The SMILES string of the molecule is CCCCC/C=C\C/C=C\C/C=C\CCCCCCCCC(=O)OC(COCCC(C(=O)[O-])[N+](C)(C)C)COC(=O)CCCCCCCCCCC. The molecule has 2 atom stereocenters.